The smallest absolute Gasteiger partial charge is 0.102 e. The Hall–Kier alpha value is -0.770. The van der Waals surface area contributed by atoms with Crippen LogP contribution in [0.25, 0.3) is 4.85 Å². The summed E-state index contributed by atoms with van der Waals surface area (Å²) < 4.78 is 0. The first kappa shape index (κ1) is 5.23. The van der Waals surface area contributed by atoms with Crippen LogP contribution in [-0.2, 0) is 0 Å². The highest BCUT2D eigenvalue weighted by atomic mass is 14.6. The summed E-state index contributed by atoms with van der Waals surface area (Å²) in [5.74, 6) is 0. The molecule has 6 heavy (non-hydrogen) atoms. The number of hydrogen-bond acceptors (Lipinski definition) is 0. The van der Waals surface area contributed by atoms with Crippen molar-refractivity contribution in [2.45, 2.75) is 6.42 Å². The molecule has 1 heteroatoms. The van der Waals surface area contributed by atoms with E-state index in [4.69, 9.17) is 0 Å². The van der Waals surface area contributed by atoms with Crippen molar-refractivity contribution in [2.24, 2.45) is 0 Å². The van der Waals surface area contributed by atoms with Gasteiger partial charge in [-0.3, -0.25) is 0 Å². The summed E-state index contributed by atoms with van der Waals surface area (Å²) in [4.78, 5) is 3.60. The predicted octanol–water partition coefficient (Wildman–Crippen LogP) is 1.53. The molecular formula is C5H8N+. The minimum Gasteiger partial charge on any atom is -0.102 e. The second-order valence-corrected chi connectivity index (χ2v) is 0.875. The molecule has 0 aromatic rings. The minimum absolute atomic E-state index is 0.760. The first-order valence-electron chi connectivity index (χ1n) is 1.84. The molecule has 0 rings (SSSR count). The average Bonchev–Trinajstić information content (AvgIpc) is 1.61. The first-order valence-corrected chi connectivity index (χ1v) is 1.84. The molecule has 0 saturated heterocycles. The lowest BCUT2D eigenvalue weighted by Gasteiger charge is -1.52. The minimum atomic E-state index is 0.760. The van der Waals surface area contributed by atoms with Crippen LogP contribution in [0, 0.1) is 6.07 Å². The van der Waals surface area contributed by atoms with Gasteiger partial charge in [-0.1, -0.05) is 10.9 Å². The third-order valence-corrected chi connectivity index (χ3v) is 0.394. The lowest BCUT2D eigenvalue weighted by Crippen LogP contribution is -1.48. The topological polar surface area (TPSA) is 4.36 Å². The fourth-order valence-electron chi connectivity index (χ4n) is 0.156. The first-order chi connectivity index (χ1) is 2.91. The Kier molecular flexibility index (Phi) is 3.69. The number of nitrogens with zero attached hydrogens (tertiary/aromatic N) is 1. The molecule has 0 aliphatic heterocycles. The third-order valence-electron chi connectivity index (χ3n) is 0.394. The Bertz CT molecular complexity index is 83.8. The van der Waals surface area contributed by atoms with Crippen LogP contribution in [0.1, 0.15) is 6.42 Å². The van der Waals surface area contributed by atoms with Crippen LogP contribution in [0.2, 0.25) is 0 Å². The summed E-state index contributed by atoms with van der Waals surface area (Å²) in [7, 11) is 1.70. The second-order valence-electron chi connectivity index (χ2n) is 0.875. The van der Waals surface area contributed by atoms with Gasteiger partial charge in [-0.05, 0) is 0 Å². The molecule has 0 heterocycles. The Morgan fingerprint density at radius 2 is 2.67 bits per heavy atom. The van der Waals surface area contributed by atoms with Gasteiger partial charge in [0.1, 0.15) is 0 Å². The van der Waals surface area contributed by atoms with E-state index in [2.05, 4.69) is 17.5 Å². The van der Waals surface area contributed by atoms with Gasteiger partial charge in [0, 0.05) is 0 Å². The largest absolute Gasteiger partial charge is 0.276 e. The van der Waals surface area contributed by atoms with Crippen molar-refractivity contribution >= 4 is 0 Å². The summed E-state index contributed by atoms with van der Waals surface area (Å²) in [5.41, 5.74) is 0. The molecule has 32 valence electrons. The molecule has 0 radical (unpaired) electrons. The van der Waals surface area contributed by atoms with Gasteiger partial charge in [-0.2, -0.15) is 0 Å². The molecule has 0 saturated carbocycles. The monoisotopic (exact) mass is 82.1 g/mol. The van der Waals surface area contributed by atoms with E-state index in [1.807, 2.05) is 0 Å². The molecule has 0 aliphatic carbocycles. The molecule has 0 aromatic heterocycles. The van der Waals surface area contributed by atoms with Crippen molar-refractivity contribution in [2.75, 3.05) is 7.05 Å². The quantitative estimate of drug-likeness (QED) is 0.422. The van der Waals surface area contributed by atoms with Crippen LogP contribution in [0.4, 0.5) is 0 Å². The average molecular weight is 82.1 g/mol. The molecule has 0 N–H and O–H groups in total. The molecule has 0 fully saturated rings. The molecular weight excluding hydrogens is 74.1 g/mol. The highest BCUT2D eigenvalue weighted by Gasteiger charge is 1.69. The van der Waals surface area contributed by atoms with Crippen LogP contribution >= 0.6 is 0 Å². The summed E-state index contributed by atoms with van der Waals surface area (Å²) in [5, 5.41) is 0. The Balaban J connectivity index is 3.00. The Morgan fingerprint density at radius 1 is 2.00 bits per heavy atom. The van der Waals surface area contributed by atoms with Crippen molar-refractivity contribution in [3.8, 4) is 6.07 Å². The van der Waals surface area contributed by atoms with Crippen LogP contribution < -0.4 is 0 Å². The molecule has 0 bridgehead atoms. The van der Waals surface area contributed by atoms with Gasteiger partial charge in [0.05, 0.1) is 6.42 Å². The van der Waals surface area contributed by atoms with Crippen LogP contribution in [-0.4, -0.2) is 7.05 Å². The fraction of sp³-hybridized carbons (Fsp3) is 0.400. The van der Waals surface area contributed by atoms with Crippen molar-refractivity contribution < 1.29 is 0 Å². The standard InChI is InChI=1S/C5H8N/c1-3-4-5-6-2/h3H,1,4H2,2H3/q+1. The van der Waals surface area contributed by atoms with E-state index in [0.717, 1.165) is 6.42 Å². The van der Waals surface area contributed by atoms with Gasteiger partial charge in [0.25, 0.3) is 13.1 Å². The molecule has 0 atom stereocenters. The van der Waals surface area contributed by atoms with E-state index in [1.165, 1.54) is 0 Å². The number of rotatable bonds is 1. The van der Waals surface area contributed by atoms with Gasteiger partial charge in [0.2, 0.25) is 0 Å². The number of allylic oxidation sites excluding steroid dienone is 1. The van der Waals surface area contributed by atoms with Gasteiger partial charge in [-0.25, -0.2) is 0 Å². The molecule has 0 unspecified atom stereocenters. The maximum atomic E-state index is 3.60. The summed E-state index contributed by atoms with van der Waals surface area (Å²) in [6.45, 7) is 3.48. The van der Waals surface area contributed by atoms with Gasteiger partial charge >= 0.3 is 0 Å². The third kappa shape index (κ3) is 3.23. The van der Waals surface area contributed by atoms with Crippen LogP contribution in [0.5, 0.6) is 0 Å². The SMILES string of the molecule is C=CCC#[N+]C. The van der Waals surface area contributed by atoms with E-state index >= 15 is 0 Å². The normalized spacial score (nSPS) is 5.50. The summed E-state index contributed by atoms with van der Waals surface area (Å²) in [6, 6.07) is 2.70. The highest BCUT2D eigenvalue weighted by molar-refractivity contribution is 4.90. The van der Waals surface area contributed by atoms with Gasteiger partial charge in [0.15, 0.2) is 0 Å². The van der Waals surface area contributed by atoms with Gasteiger partial charge < -0.3 is 0 Å². The van der Waals surface area contributed by atoms with E-state index in [0.29, 0.717) is 0 Å². The van der Waals surface area contributed by atoms with Crippen LogP contribution in [0.3, 0.4) is 0 Å². The maximum Gasteiger partial charge on any atom is 0.276 e. The Morgan fingerprint density at radius 3 is 2.83 bits per heavy atom. The van der Waals surface area contributed by atoms with Crippen molar-refractivity contribution in [3.05, 3.63) is 17.5 Å². The highest BCUT2D eigenvalue weighted by Crippen LogP contribution is 1.71. The zero-order chi connectivity index (χ0) is 4.83. The molecule has 1 nitrogen and oxygen atoms in total. The lowest BCUT2D eigenvalue weighted by molar-refractivity contribution is 1.47. The zero-order valence-corrected chi connectivity index (χ0v) is 3.94. The molecule has 0 aliphatic rings. The predicted molar refractivity (Wildman–Crippen MR) is 28.0 cm³/mol. The zero-order valence-electron chi connectivity index (χ0n) is 3.94. The Labute approximate surface area is 38.1 Å². The number of hydrogen-bond donors (Lipinski definition) is 0. The summed E-state index contributed by atoms with van der Waals surface area (Å²) in [6.07, 6.45) is 2.52. The van der Waals surface area contributed by atoms with Crippen molar-refractivity contribution in [1.29, 1.82) is 0 Å². The van der Waals surface area contributed by atoms with E-state index < -0.39 is 0 Å². The lowest BCUT2D eigenvalue weighted by atomic mass is 10.5. The second kappa shape index (κ2) is 4.23. The van der Waals surface area contributed by atoms with Crippen molar-refractivity contribution in [1.82, 2.24) is 0 Å². The fourth-order valence-corrected chi connectivity index (χ4v) is 0.156. The summed E-state index contributed by atoms with van der Waals surface area (Å²) >= 11 is 0. The maximum absolute atomic E-state index is 3.60. The van der Waals surface area contributed by atoms with E-state index in [-0.39, 0.29) is 0 Å². The van der Waals surface area contributed by atoms with Crippen molar-refractivity contribution in [3.63, 3.8) is 0 Å². The van der Waals surface area contributed by atoms with E-state index in [1.54, 1.807) is 13.1 Å². The van der Waals surface area contributed by atoms with Gasteiger partial charge in [-0.15, -0.1) is 6.58 Å². The molecule has 0 aromatic carbocycles. The molecule has 0 spiro atoms. The molecule has 0 amide bonds. The van der Waals surface area contributed by atoms with E-state index in [9.17, 15) is 0 Å². The van der Waals surface area contributed by atoms with Crippen LogP contribution in [0.15, 0.2) is 12.7 Å².